The number of benzene rings is 2. The topological polar surface area (TPSA) is 9.23 Å². The zero-order chi connectivity index (χ0) is 14.7. The number of rotatable bonds is 4. The Morgan fingerprint density at radius 2 is 1.75 bits per heavy atom. The minimum absolute atomic E-state index is 0.866. The lowest BCUT2D eigenvalue weighted by molar-refractivity contribution is 0.471. The van der Waals surface area contributed by atoms with Crippen LogP contribution >= 0.6 is 27.7 Å². The second-order valence-corrected chi connectivity index (χ2v) is 6.54. The Kier molecular flexibility index (Phi) is 5.17. The molecule has 0 unspecified atom stereocenters. The van der Waals surface area contributed by atoms with Gasteiger partial charge in [0.2, 0.25) is 0 Å². The van der Waals surface area contributed by atoms with Crippen LogP contribution in [0.3, 0.4) is 0 Å². The van der Waals surface area contributed by atoms with Crippen molar-refractivity contribution in [2.75, 3.05) is 6.26 Å². The van der Waals surface area contributed by atoms with Crippen LogP contribution in [0.4, 0.5) is 0 Å². The Labute approximate surface area is 133 Å². The molecule has 0 saturated heterocycles. The van der Waals surface area contributed by atoms with Gasteiger partial charge in [-0.15, -0.1) is 11.8 Å². The maximum Gasteiger partial charge on any atom is 0.141 e. The monoisotopic (exact) mass is 350 g/mol. The van der Waals surface area contributed by atoms with Crippen LogP contribution in [0.2, 0.25) is 0 Å². The second kappa shape index (κ2) is 6.68. The Hall–Kier alpha value is -0.930. The predicted molar refractivity (Wildman–Crippen MR) is 91.3 cm³/mol. The first kappa shape index (κ1) is 15.5. The molecule has 0 spiro atoms. The van der Waals surface area contributed by atoms with Gasteiger partial charge < -0.3 is 4.74 Å². The lowest BCUT2D eigenvalue weighted by Crippen LogP contribution is -1.93. The van der Waals surface area contributed by atoms with Gasteiger partial charge in [-0.3, -0.25) is 0 Å². The van der Waals surface area contributed by atoms with Gasteiger partial charge in [0, 0.05) is 4.90 Å². The van der Waals surface area contributed by atoms with E-state index >= 15 is 0 Å². The maximum absolute atomic E-state index is 6.11. The molecule has 0 fully saturated rings. The molecule has 3 heteroatoms. The first-order valence-electron chi connectivity index (χ1n) is 6.66. The van der Waals surface area contributed by atoms with Gasteiger partial charge in [0.05, 0.1) is 4.47 Å². The van der Waals surface area contributed by atoms with Crippen LogP contribution in [-0.2, 0) is 6.42 Å². The number of halogens is 1. The van der Waals surface area contributed by atoms with E-state index in [1.54, 1.807) is 11.8 Å². The van der Waals surface area contributed by atoms with E-state index in [0.717, 1.165) is 22.4 Å². The SMILES string of the molecule is CCc1ccc(Oc2c(C)cc(SC)cc2C)c(Br)c1. The summed E-state index contributed by atoms with van der Waals surface area (Å²) in [5.74, 6) is 1.82. The molecule has 1 nitrogen and oxygen atoms in total. The number of thioether (sulfide) groups is 1. The Morgan fingerprint density at radius 1 is 1.10 bits per heavy atom. The van der Waals surface area contributed by atoms with Gasteiger partial charge in [0.15, 0.2) is 0 Å². The molecule has 2 rings (SSSR count). The summed E-state index contributed by atoms with van der Waals surface area (Å²) in [7, 11) is 0. The van der Waals surface area contributed by atoms with Crippen LogP contribution in [-0.4, -0.2) is 6.26 Å². The molecule has 0 aliphatic rings. The van der Waals surface area contributed by atoms with Crippen LogP contribution in [0.15, 0.2) is 39.7 Å². The number of aryl methyl sites for hydroxylation is 3. The zero-order valence-electron chi connectivity index (χ0n) is 12.3. The number of hydrogen-bond acceptors (Lipinski definition) is 2. The number of hydrogen-bond donors (Lipinski definition) is 0. The van der Waals surface area contributed by atoms with Crippen LogP contribution in [0.25, 0.3) is 0 Å². The molecular formula is C17H19BrOS. The van der Waals surface area contributed by atoms with Gasteiger partial charge in [-0.1, -0.05) is 13.0 Å². The van der Waals surface area contributed by atoms with E-state index in [1.165, 1.54) is 21.6 Å². The van der Waals surface area contributed by atoms with E-state index in [2.05, 4.69) is 67.2 Å². The largest absolute Gasteiger partial charge is 0.456 e. The first-order chi connectivity index (χ1) is 9.55. The molecule has 0 radical (unpaired) electrons. The fourth-order valence-electron chi connectivity index (χ4n) is 2.15. The Balaban J connectivity index is 2.35. The van der Waals surface area contributed by atoms with Crippen molar-refractivity contribution in [1.82, 2.24) is 0 Å². The molecule has 0 N–H and O–H groups in total. The average molecular weight is 351 g/mol. The third-order valence-corrected chi connectivity index (χ3v) is 4.61. The van der Waals surface area contributed by atoms with Crippen molar-refractivity contribution in [3.63, 3.8) is 0 Å². The quantitative estimate of drug-likeness (QED) is 0.612. The molecule has 2 aromatic carbocycles. The van der Waals surface area contributed by atoms with Crippen molar-refractivity contribution in [3.8, 4) is 11.5 Å². The molecule has 0 aromatic heterocycles. The van der Waals surface area contributed by atoms with Crippen molar-refractivity contribution in [1.29, 1.82) is 0 Å². The summed E-state index contributed by atoms with van der Waals surface area (Å²) < 4.78 is 7.12. The van der Waals surface area contributed by atoms with Crippen molar-refractivity contribution in [3.05, 3.63) is 51.5 Å². The smallest absolute Gasteiger partial charge is 0.141 e. The van der Waals surface area contributed by atoms with Crippen LogP contribution < -0.4 is 4.74 Å². The molecule has 0 atom stereocenters. The zero-order valence-corrected chi connectivity index (χ0v) is 14.7. The minimum atomic E-state index is 0.866. The molecule has 0 saturated carbocycles. The fourth-order valence-corrected chi connectivity index (χ4v) is 3.24. The molecule has 20 heavy (non-hydrogen) atoms. The predicted octanol–water partition coefficient (Wildman–Crippen LogP) is 6.14. The van der Waals surface area contributed by atoms with E-state index in [0.29, 0.717) is 0 Å². The summed E-state index contributed by atoms with van der Waals surface area (Å²) in [6, 6.07) is 10.6. The minimum Gasteiger partial charge on any atom is -0.456 e. The van der Waals surface area contributed by atoms with Gasteiger partial charge in [-0.25, -0.2) is 0 Å². The molecule has 106 valence electrons. The van der Waals surface area contributed by atoms with Crippen LogP contribution in [0.5, 0.6) is 11.5 Å². The third kappa shape index (κ3) is 3.39. The maximum atomic E-state index is 6.11. The molecule has 0 heterocycles. The van der Waals surface area contributed by atoms with Crippen molar-refractivity contribution in [2.24, 2.45) is 0 Å². The van der Waals surface area contributed by atoms with Crippen molar-refractivity contribution in [2.45, 2.75) is 32.1 Å². The normalized spacial score (nSPS) is 10.7. The average Bonchev–Trinajstić information content (AvgIpc) is 2.43. The summed E-state index contributed by atoms with van der Waals surface area (Å²) in [5, 5.41) is 0. The summed E-state index contributed by atoms with van der Waals surface area (Å²) in [4.78, 5) is 1.27. The third-order valence-electron chi connectivity index (χ3n) is 3.29. The summed E-state index contributed by atoms with van der Waals surface area (Å²) >= 11 is 5.35. The van der Waals surface area contributed by atoms with E-state index in [4.69, 9.17) is 4.74 Å². The summed E-state index contributed by atoms with van der Waals surface area (Å²) in [6.45, 7) is 6.34. The molecular weight excluding hydrogens is 332 g/mol. The lowest BCUT2D eigenvalue weighted by Gasteiger charge is -2.14. The highest BCUT2D eigenvalue weighted by Gasteiger charge is 2.10. The van der Waals surface area contributed by atoms with E-state index < -0.39 is 0 Å². The highest BCUT2D eigenvalue weighted by molar-refractivity contribution is 9.10. The molecule has 0 bridgehead atoms. The Morgan fingerprint density at radius 3 is 2.25 bits per heavy atom. The summed E-state index contributed by atoms with van der Waals surface area (Å²) in [6.07, 6.45) is 3.12. The van der Waals surface area contributed by atoms with Crippen molar-refractivity contribution >= 4 is 27.7 Å². The van der Waals surface area contributed by atoms with Gasteiger partial charge >= 0.3 is 0 Å². The van der Waals surface area contributed by atoms with E-state index in [-0.39, 0.29) is 0 Å². The van der Waals surface area contributed by atoms with Crippen LogP contribution in [0, 0.1) is 13.8 Å². The van der Waals surface area contributed by atoms with Gasteiger partial charge in [-0.2, -0.15) is 0 Å². The van der Waals surface area contributed by atoms with Gasteiger partial charge in [0.1, 0.15) is 11.5 Å². The molecule has 0 amide bonds. The van der Waals surface area contributed by atoms with E-state index in [9.17, 15) is 0 Å². The Bertz CT molecular complexity index is 599. The molecule has 0 aliphatic heterocycles. The lowest BCUT2D eigenvalue weighted by atomic mass is 10.1. The van der Waals surface area contributed by atoms with E-state index in [1.807, 2.05) is 6.07 Å². The molecule has 0 aliphatic carbocycles. The molecule has 2 aromatic rings. The fraction of sp³-hybridized carbons (Fsp3) is 0.294. The second-order valence-electron chi connectivity index (χ2n) is 4.81. The standard InChI is InChI=1S/C17H19BrOS/c1-5-13-6-7-16(15(18)10-13)19-17-11(2)8-14(20-4)9-12(17)3/h6-10H,5H2,1-4H3. The van der Waals surface area contributed by atoms with Gasteiger partial charge in [0.25, 0.3) is 0 Å². The highest BCUT2D eigenvalue weighted by atomic mass is 79.9. The number of ether oxygens (including phenoxy) is 1. The van der Waals surface area contributed by atoms with Crippen molar-refractivity contribution < 1.29 is 4.74 Å². The van der Waals surface area contributed by atoms with Crippen LogP contribution in [0.1, 0.15) is 23.6 Å². The summed E-state index contributed by atoms with van der Waals surface area (Å²) in [5.41, 5.74) is 3.64. The first-order valence-corrected chi connectivity index (χ1v) is 8.68. The van der Waals surface area contributed by atoms with Gasteiger partial charge in [-0.05, 0) is 83.4 Å². The highest BCUT2D eigenvalue weighted by Crippen LogP contribution is 2.35.